The lowest BCUT2D eigenvalue weighted by molar-refractivity contribution is 0.0949. The molecule has 0 aliphatic heterocycles. The highest BCUT2D eigenvalue weighted by Crippen LogP contribution is 2.15. The number of ether oxygens (including phenoxy) is 1. The molecule has 1 aromatic heterocycles. The van der Waals surface area contributed by atoms with Gasteiger partial charge in [0.05, 0.1) is 7.11 Å². The molecular weight excluding hydrogens is 316 g/mol. The maximum Gasteiger partial charge on any atom is 0.261 e. The van der Waals surface area contributed by atoms with Crippen molar-refractivity contribution in [1.82, 2.24) is 10.3 Å². The predicted octanol–water partition coefficient (Wildman–Crippen LogP) is 2.98. The molecule has 0 fully saturated rings. The van der Waals surface area contributed by atoms with Gasteiger partial charge in [0.2, 0.25) is 0 Å². The molecule has 0 aliphatic rings. The molecule has 3 aromatic rings. The van der Waals surface area contributed by atoms with E-state index in [-0.39, 0.29) is 5.56 Å². The molecule has 2 aromatic carbocycles. The summed E-state index contributed by atoms with van der Waals surface area (Å²) < 4.78 is 5.15. The molecule has 25 heavy (non-hydrogen) atoms. The van der Waals surface area contributed by atoms with Gasteiger partial charge in [-0.3, -0.25) is 9.59 Å². The Morgan fingerprint density at radius 3 is 2.56 bits per heavy atom. The fourth-order valence-electron chi connectivity index (χ4n) is 2.50. The highest BCUT2D eigenvalue weighted by atomic mass is 16.5. The van der Waals surface area contributed by atoms with Gasteiger partial charge in [-0.05, 0) is 35.4 Å². The molecule has 3 rings (SSSR count). The van der Waals surface area contributed by atoms with E-state index >= 15 is 0 Å². The summed E-state index contributed by atoms with van der Waals surface area (Å²) in [5, 5.41) is 2.75. The minimum atomic E-state index is -0.413. The molecule has 0 bridgehead atoms. The molecule has 126 valence electrons. The molecule has 1 amide bonds. The van der Waals surface area contributed by atoms with Gasteiger partial charge in [-0.2, -0.15) is 0 Å². The van der Waals surface area contributed by atoms with Gasteiger partial charge in [0.25, 0.3) is 11.5 Å². The third-order valence-corrected chi connectivity index (χ3v) is 3.83. The Bertz CT molecular complexity index is 933. The molecule has 0 unspecified atom stereocenters. The number of methoxy groups -OCH3 is 1. The maximum atomic E-state index is 12.3. The quantitative estimate of drug-likeness (QED) is 0.753. The van der Waals surface area contributed by atoms with E-state index in [9.17, 15) is 9.59 Å². The van der Waals surface area contributed by atoms with Gasteiger partial charge in [-0.25, -0.2) is 0 Å². The SMILES string of the molecule is COc1cccc(CNC(=O)c2ccc(-c3ccccc3)[nH]c2=O)c1. The standard InChI is InChI=1S/C20H18N2O3/c1-25-16-9-5-6-14(12-16)13-21-19(23)17-10-11-18(22-20(17)24)15-7-3-2-4-8-15/h2-12H,13H2,1H3,(H,21,23)(H,22,24). The first-order valence-electron chi connectivity index (χ1n) is 7.87. The lowest BCUT2D eigenvalue weighted by Gasteiger charge is -2.07. The number of H-pyrrole nitrogens is 1. The molecule has 0 radical (unpaired) electrons. The van der Waals surface area contributed by atoms with Crippen LogP contribution in [0.15, 0.2) is 71.5 Å². The van der Waals surface area contributed by atoms with Gasteiger partial charge in [-0.1, -0.05) is 42.5 Å². The molecule has 0 aliphatic carbocycles. The van der Waals surface area contributed by atoms with Crippen molar-refractivity contribution >= 4 is 5.91 Å². The summed E-state index contributed by atoms with van der Waals surface area (Å²) in [5.41, 5.74) is 2.13. The number of hydrogen-bond donors (Lipinski definition) is 2. The molecule has 2 N–H and O–H groups in total. The Hall–Kier alpha value is -3.34. The van der Waals surface area contributed by atoms with Gasteiger partial charge in [-0.15, -0.1) is 0 Å². The summed E-state index contributed by atoms with van der Waals surface area (Å²) in [4.78, 5) is 27.3. The van der Waals surface area contributed by atoms with Crippen LogP contribution in [0.2, 0.25) is 0 Å². The zero-order valence-corrected chi connectivity index (χ0v) is 13.8. The predicted molar refractivity (Wildman–Crippen MR) is 96.7 cm³/mol. The summed E-state index contributed by atoms with van der Waals surface area (Å²) in [5.74, 6) is 0.306. The summed E-state index contributed by atoms with van der Waals surface area (Å²) in [7, 11) is 1.59. The van der Waals surface area contributed by atoms with Gasteiger partial charge in [0.15, 0.2) is 0 Å². The second-order valence-corrected chi connectivity index (χ2v) is 5.52. The van der Waals surface area contributed by atoms with Crippen LogP contribution in [-0.2, 0) is 6.54 Å². The van der Waals surface area contributed by atoms with Crippen LogP contribution < -0.4 is 15.6 Å². The number of benzene rings is 2. The third-order valence-electron chi connectivity index (χ3n) is 3.83. The van der Waals surface area contributed by atoms with E-state index < -0.39 is 11.5 Å². The molecule has 0 saturated carbocycles. The first kappa shape index (κ1) is 16.5. The Kier molecular flexibility index (Phi) is 4.95. The molecule has 0 spiro atoms. The Morgan fingerprint density at radius 2 is 1.84 bits per heavy atom. The fourth-order valence-corrected chi connectivity index (χ4v) is 2.50. The van der Waals surface area contributed by atoms with Crippen molar-refractivity contribution in [3.63, 3.8) is 0 Å². The number of hydrogen-bond acceptors (Lipinski definition) is 3. The van der Waals surface area contributed by atoms with Crippen LogP contribution in [0.4, 0.5) is 0 Å². The number of rotatable bonds is 5. The fraction of sp³-hybridized carbons (Fsp3) is 0.100. The second kappa shape index (κ2) is 7.49. The third kappa shape index (κ3) is 3.95. The summed E-state index contributed by atoms with van der Waals surface area (Å²) in [6.45, 7) is 0.315. The van der Waals surface area contributed by atoms with Gasteiger partial charge >= 0.3 is 0 Å². The smallest absolute Gasteiger partial charge is 0.261 e. The highest BCUT2D eigenvalue weighted by Gasteiger charge is 2.11. The lowest BCUT2D eigenvalue weighted by Crippen LogP contribution is -2.29. The number of carbonyl (C=O) groups excluding carboxylic acids is 1. The Balaban J connectivity index is 1.73. The van der Waals surface area contributed by atoms with Crippen molar-refractivity contribution in [3.8, 4) is 17.0 Å². The molecule has 1 heterocycles. The Morgan fingerprint density at radius 1 is 1.04 bits per heavy atom. The van der Waals surface area contributed by atoms with E-state index in [1.165, 1.54) is 0 Å². The molecule has 0 atom stereocenters. The van der Waals surface area contributed by atoms with Crippen molar-refractivity contribution in [2.75, 3.05) is 7.11 Å². The number of aromatic nitrogens is 1. The van der Waals surface area contributed by atoms with Crippen molar-refractivity contribution in [1.29, 1.82) is 0 Å². The van der Waals surface area contributed by atoms with Crippen LogP contribution in [0.25, 0.3) is 11.3 Å². The normalized spacial score (nSPS) is 10.3. The van der Waals surface area contributed by atoms with E-state index in [0.29, 0.717) is 12.2 Å². The van der Waals surface area contributed by atoms with E-state index in [1.807, 2.05) is 54.6 Å². The number of nitrogens with one attached hydrogen (secondary N) is 2. The van der Waals surface area contributed by atoms with Crippen molar-refractivity contribution in [2.45, 2.75) is 6.54 Å². The molecular formula is C20H18N2O3. The first-order chi connectivity index (χ1) is 12.2. The Labute approximate surface area is 145 Å². The van der Waals surface area contributed by atoms with E-state index in [1.54, 1.807) is 19.2 Å². The van der Waals surface area contributed by atoms with Crippen LogP contribution in [0.5, 0.6) is 5.75 Å². The number of amides is 1. The summed E-state index contributed by atoms with van der Waals surface area (Å²) >= 11 is 0. The lowest BCUT2D eigenvalue weighted by atomic mass is 10.1. The van der Waals surface area contributed by atoms with Crippen LogP contribution >= 0.6 is 0 Å². The van der Waals surface area contributed by atoms with Crippen molar-refractivity contribution in [2.24, 2.45) is 0 Å². The van der Waals surface area contributed by atoms with E-state index in [0.717, 1.165) is 16.9 Å². The summed E-state index contributed by atoms with van der Waals surface area (Å²) in [6.07, 6.45) is 0. The largest absolute Gasteiger partial charge is 0.497 e. The van der Waals surface area contributed by atoms with Crippen molar-refractivity contribution < 1.29 is 9.53 Å². The van der Waals surface area contributed by atoms with Gasteiger partial charge in [0, 0.05) is 12.2 Å². The minimum Gasteiger partial charge on any atom is -0.497 e. The average molecular weight is 334 g/mol. The first-order valence-corrected chi connectivity index (χ1v) is 7.87. The zero-order valence-electron chi connectivity index (χ0n) is 13.8. The molecule has 5 nitrogen and oxygen atoms in total. The van der Waals surface area contributed by atoms with Crippen LogP contribution in [0.1, 0.15) is 15.9 Å². The molecule has 5 heteroatoms. The highest BCUT2D eigenvalue weighted by molar-refractivity contribution is 5.94. The van der Waals surface area contributed by atoms with Crippen molar-refractivity contribution in [3.05, 3.63) is 88.2 Å². The molecule has 0 saturated heterocycles. The zero-order chi connectivity index (χ0) is 17.6. The maximum absolute atomic E-state index is 12.3. The second-order valence-electron chi connectivity index (χ2n) is 5.52. The number of aromatic amines is 1. The average Bonchev–Trinajstić information content (AvgIpc) is 2.67. The van der Waals surface area contributed by atoms with Crippen LogP contribution in [0, 0.1) is 0 Å². The summed E-state index contributed by atoms with van der Waals surface area (Å²) in [6, 6.07) is 20.2. The number of carbonyl (C=O) groups is 1. The number of pyridine rings is 1. The minimum absolute atomic E-state index is 0.0857. The van der Waals surface area contributed by atoms with E-state index in [2.05, 4.69) is 10.3 Å². The van der Waals surface area contributed by atoms with Crippen LogP contribution in [0.3, 0.4) is 0 Å². The topological polar surface area (TPSA) is 71.2 Å². The van der Waals surface area contributed by atoms with E-state index in [4.69, 9.17) is 4.74 Å². The van der Waals surface area contributed by atoms with Crippen LogP contribution in [-0.4, -0.2) is 18.0 Å². The van der Waals surface area contributed by atoms with Gasteiger partial charge < -0.3 is 15.0 Å². The monoisotopic (exact) mass is 334 g/mol. The van der Waals surface area contributed by atoms with Gasteiger partial charge in [0.1, 0.15) is 11.3 Å².